The number of piperidine rings is 1. The third-order valence-electron chi connectivity index (χ3n) is 5.70. The van der Waals surface area contributed by atoms with Crippen molar-refractivity contribution in [3.63, 3.8) is 0 Å². The van der Waals surface area contributed by atoms with Crippen molar-refractivity contribution in [1.82, 2.24) is 14.5 Å². The number of benzene rings is 2. The first-order valence-corrected chi connectivity index (χ1v) is 10.1. The van der Waals surface area contributed by atoms with Gasteiger partial charge in [-0.15, -0.1) is 0 Å². The summed E-state index contributed by atoms with van der Waals surface area (Å²) in [6.07, 6.45) is 2.28. The molecule has 5 heteroatoms. The highest BCUT2D eigenvalue weighted by atomic mass is 16.5. The fraction of sp³-hybridized carbons (Fsp3) is 0.435. The van der Waals surface area contributed by atoms with Crippen LogP contribution in [0, 0.1) is 0 Å². The molecule has 28 heavy (non-hydrogen) atoms. The number of fused-ring (bicyclic) bond motifs is 1. The molecule has 2 aromatic carbocycles. The summed E-state index contributed by atoms with van der Waals surface area (Å²) in [4.78, 5) is 7.53. The Labute approximate surface area is 166 Å². The fourth-order valence-electron chi connectivity index (χ4n) is 4.20. The minimum Gasteiger partial charge on any atom is -0.497 e. The molecular weight excluding hydrogens is 350 g/mol. The van der Waals surface area contributed by atoms with Gasteiger partial charge < -0.3 is 14.0 Å². The minimum atomic E-state index is 0.505. The number of hydrogen-bond donors (Lipinski definition) is 0. The van der Waals surface area contributed by atoms with Crippen LogP contribution in [0.25, 0.3) is 11.0 Å². The number of likely N-dealkylation sites (tertiary alicyclic amines) is 1. The summed E-state index contributed by atoms with van der Waals surface area (Å²) in [6.45, 7) is 4.73. The standard InChI is InChI=1S/C23H29N3O2/c1-27-15-14-26-22-9-4-3-8-21(22)24-23(26)19-10-12-25(13-11-19)17-18-6-5-7-20(16-18)28-2/h3-9,16,19H,10-15,17H2,1-2H3. The fourth-order valence-corrected chi connectivity index (χ4v) is 4.20. The summed E-state index contributed by atoms with van der Waals surface area (Å²) < 4.78 is 13.1. The van der Waals surface area contributed by atoms with Crippen molar-refractivity contribution in [2.24, 2.45) is 0 Å². The molecule has 0 unspecified atom stereocenters. The van der Waals surface area contributed by atoms with E-state index in [1.165, 1.54) is 16.9 Å². The molecular formula is C23H29N3O2. The predicted octanol–water partition coefficient (Wildman–Crippen LogP) is 4.07. The van der Waals surface area contributed by atoms with Gasteiger partial charge in [-0.25, -0.2) is 4.98 Å². The van der Waals surface area contributed by atoms with Gasteiger partial charge in [0.2, 0.25) is 0 Å². The van der Waals surface area contributed by atoms with Gasteiger partial charge in [-0.1, -0.05) is 24.3 Å². The van der Waals surface area contributed by atoms with Crippen LogP contribution in [0.2, 0.25) is 0 Å². The first-order chi connectivity index (χ1) is 13.8. The Hall–Kier alpha value is -2.37. The van der Waals surface area contributed by atoms with Crippen molar-refractivity contribution < 1.29 is 9.47 Å². The molecule has 1 fully saturated rings. The second kappa shape index (κ2) is 8.76. The Kier molecular flexibility index (Phi) is 5.93. The van der Waals surface area contributed by atoms with Crippen molar-refractivity contribution in [2.45, 2.75) is 31.8 Å². The van der Waals surface area contributed by atoms with Crippen molar-refractivity contribution >= 4 is 11.0 Å². The largest absolute Gasteiger partial charge is 0.497 e. The van der Waals surface area contributed by atoms with Crippen molar-refractivity contribution in [2.75, 3.05) is 33.9 Å². The maximum Gasteiger partial charge on any atom is 0.119 e. The Balaban J connectivity index is 1.46. The number of imidazole rings is 1. The van der Waals surface area contributed by atoms with Crippen LogP contribution in [0.5, 0.6) is 5.75 Å². The highest BCUT2D eigenvalue weighted by Crippen LogP contribution is 2.31. The lowest BCUT2D eigenvalue weighted by molar-refractivity contribution is 0.181. The average molecular weight is 380 g/mol. The number of hydrogen-bond acceptors (Lipinski definition) is 4. The predicted molar refractivity (Wildman–Crippen MR) is 112 cm³/mol. The van der Waals surface area contributed by atoms with E-state index in [-0.39, 0.29) is 0 Å². The van der Waals surface area contributed by atoms with Crippen LogP contribution < -0.4 is 4.74 Å². The number of ether oxygens (including phenoxy) is 2. The van der Waals surface area contributed by atoms with E-state index in [9.17, 15) is 0 Å². The van der Waals surface area contributed by atoms with Crippen LogP contribution >= 0.6 is 0 Å². The van der Waals surface area contributed by atoms with E-state index in [1.54, 1.807) is 14.2 Å². The summed E-state index contributed by atoms with van der Waals surface area (Å²) in [5, 5.41) is 0. The van der Waals surface area contributed by atoms with Crippen LogP contribution in [-0.2, 0) is 17.8 Å². The molecule has 0 saturated carbocycles. The molecule has 1 aromatic heterocycles. The molecule has 0 bridgehead atoms. The van der Waals surface area contributed by atoms with E-state index >= 15 is 0 Å². The molecule has 5 nitrogen and oxygen atoms in total. The third kappa shape index (κ3) is 4.05. The number of methoxy groups -OCH3 is 2. The topological polar surface area (TPSA) is 39.5 Å². The van der Waals surface area contributed by atoms with Crippen molar-refractivity contribution in [3.8, 4) is 5.75 Å². The van der Waals surface area contributed by atoms with E-state index in [2.05, 4.69) is 51.9 Å². The zero-order valence-electron chi connectivity index (χ0n) is 16.8. The lowest BCUT2D eigenvalue weighted by atomic mass is 9.95. The Bertz CT molecular complexity index is 913. The molecule has 0 spiro atoms. The van der Waals surface area contributed by atoms with Gasteiger partial charge in [-0.05, 0) is 55.8 Å². The Morgan fingerprint density at radius 2 is 1.86 bits per heavy atom. The van der Waals surface area contributed by atoms with E-state index in [4.69, 9.17) is 14.5 Å². The van der Waals surface area contributed by atoms with E-state index in [1.807, 2.05) is 6.07 Å². The van der Waals surface area contributed by atoms with E-state index in [0.29, 0.717) is 12.5 Å². The molecule has 0 amide bonds. The summed E-state index contributed by atoms with van der Waals surface area (Å²) in [5.41, 5.74) is 3.62. The van der Waals surface area contributed by atoms with Crippen LogP contribution in [-0.4, -0.2) is 48.4 Å². The summed E-state index contributed by atoms with van der Waals surface area (Å²) in [7, 11) is 3.48. The molecule has 0 radical (unpaired) electrons. The van der Waals surface area contributed by atoms with Gasteiger partial charge in [-0.2, -0.15) is 0 Å². The van der Waals surface area contributed by atoms with E-state index in [0.717, 1.165) is 50.3 Å². The Morgan fingerprint density at radius 1 is 1.04 bits per heavy atom. The van der Waals surface area contributed by atoms with Crippen LogP contribution in [0.15, 0.2) is 48.5 Å². The van der Waals surface area contributed by atoms with Gasteiger partial charge in [0.15, 0.2) is 0 Å². The zero-order chi connectivity index (χ0) is 19.3. The van der Waals surface area contributed by atoms with Gasteiger partial charge >= 0.3 is 0 Å². The number of nitrogens with zero attached hydrogens (tertiary/aromatic N) is 3. The molecule has 148 valence electrons. The first-order valence-electron chi connectivity index (χ1n) is 10.1. The van der Waals surface area contributed by atoms with Gasteiger partial charge in [0.1, 0.15) is 11.6 Å². The second-order valence-corrected chi connectivity index (χ2v) is 7.51. The van der Waals surface area contributed by atoms with Crippen molar-refractivity contribution in [3.05, 3.63) is 59.9 Å². The monoisotopic (exact) mass is 379 g/mol. The maximum absolute atomic E-state index is 5.35. The molecule has 1 aliphatic heterocycles. The van der Waals surface area contributed by atoms with Crippen LogP contribution in [0.1, 0.15) is 30.1 Å². The molecule has 0 atom stereocenters. The molecule has 0 aliphatic carbocycles. The second-order valence-electron chi connectivity index (χ2n) is 7.51. The normalized spacial score (nSPS) is 15.9. The van der Waals surface area contributed by atoms with Crippen LogP contribution in [0.4, 0.5) is 0 Å². The SMILES string of the molecule is COCCn1c(C2CCN(Cc3cccc(OC)c3)CC2)nc2ccccc21. The van der Waals surface area contributed by atoms with Crippen molar-refractivity contribution in [1.29, 1.82) is 0 Å². The van der Waals surface area contributed by atoms with Crippen LogP contribution in [0.3, 0.4) is 0 Å². The van der Waals surface area contributed by atoms with Gasteiger partial charge in [-0.3, -0.25) is 4.90 Å². The number of aromatic nitrogens is 2. The zero-order valence-corrected chi connectivity index (χ0v) is 16.8. The quantitative estimate of drug-likeness (QED) is 0.620. The molecule has 2 heterocycles. The number of rotatable bonds is 7. The molecule has 4 rings (SSSR count). The lowest BCUT2D eigenvalue weighted by Crippen LogP contribution is -2.33. The number of para-hydroxylation sites is 2. The highest BCUT2D eigenvalue weighted by Gasteiger charge is 2.25. The minimum absolute atomic E-state index is 0.505. The maximum atomic E-state index is 5.35. The Morgan fingerprint density at radius 3 is 2.64 bits per heavy atom. The smallest absolute Gasteiger partial charge is 0.119 e. The molecule has 1 saturated heterocycles. The van der Waals surface area contributed by atoms with Gasteiger partial charge in [0, 0.05) is 26.1 Å². The summed E-state index contributed by atoms with van der Waals surface area (Å²) in [6, 6.07) is 16.8. The highest BCUT2D eigenvalue weighted by molar-refractivity contribution is 5.76. The lowest BCUT2D eigenvalue weighted by Gasteiger charge is -2.32. The van der Waals surface area contributed by atoms with Gasteiger partial charge in [0.25, 0.3) is 0 Å². The molecule has 0 N–H and O–H groups in total. The average Bonchev–Trinajstić information content (AvgIpc) is 3.11. The molecule has 1 aliphatic rings. The summed E-state index contributed by atoms with van der Waals surface area (Å²) >= 11 is 0. The molecule has 3 aromatic rings. The summed E-state index contributed by atoms with van der Waals surface area (Å²) in [5.74, 6) is 2.66. The third-order valence-corrected chi connectivity index (χ3v) is 5.70. The van der Waals surface area contributed by atoms with E-state index < -0.39 is 0 Å². The van der Waals surface area contributed by atoms with Gasteiger partial charge in [0.05, 0.1) is 24.8 Å². The first kappa shape index (κ1) is 19.0.